The quantitative estimate of drug-likeness (QED) is 0.856. The Morgan fingerprint density at radius 3 is 3.11 bits per heavy atom. The molecule has 1 aromatic carbocycles. The smallest absolute Gasteiger partial charge is 0.223 e. The van der Waals surface area contributed by atoms with Crippen LogP contribution in [0.25, 0.3) is 0 Å². The van der Waals surface area contributed by atoms with E-state index < -0.39 is 0 Å². The van der Waals surface area contributed by atoms with Crippen molar-refractivity contribution in [2.24, 2.45) is 0 Å². The summed E-state index contributed by atoms with van der Waals surface area (Å²) < 4.78 is 6.44. The van der Waals surface area contributed by atoms with Crippen molar-refractivity contribution in [3.8, 4) is 5.75 Å². The molecule has 2 aromatic rings. The summed E-state index contributed by atoms with van der Waals surface area (Å²) in [6, 6.07) is 7.53. The van der Waals surface area contributed by atoms with Gasteiger partial charge in [0.1, 0.15) is 5.75 Å². The van der Waals surface area contributed by atoms with E-state index in [-0.39, 0.29) is 5.91 Å². The highest BCUT2D eigenvalue weighted by atomic mass is 79.9. The number of nitrogens with zero attached hydrogens (tertiary/aromatic N) is 1. The van der Waals surface area contributed by atoms with Crippen LogP contribution in [0.1, 0.15) is 12.1 Å². The summed E-state index contributed by atoms with van der Waals surface area (Å²) in [5.74, 6) is 0.695. The van der Waals surface area contributed by atoms with Gasteiger partial charge < -0.3 is 15.0 Å². The van der Waals surface area contributed by atoms with E-state index in [0.717, 1.165) is 15.9 Å². The van der Waals surface area contributed by atoms with Gasteiger partial charge in [-0.2, -0.15) is 0 Å². The lowest BCUT2D eigenvalue weighted by molar-refractivity contribution is -0.121. The molecule has 2 N–H and O–H groups in total. The Bertz CT molecular complexity index is 528. The molecule has 0 radical (unpaired) electrons. The average molecular weight is 324 g/mol. The number of hydrogen-bond donors (Lipinski definition) is 2. The highest BCUT2D eigenvalue weighted by Gasteiger charge is 2.03. The van der Waals surface area contributed by atoms with E-state index in [1.807, 2.05) is 24.3 Å². The Kier molecular flexibility index (Phi) is 4.97. The first-order valence-corrected chi connectivity index (χ1v) is 6.65. The second-order valence-corrected chi connectivity index (χ2v) is 4.83. The predicted octanol–water partition coefficient (Wildman–Crippen LogP) is 2.26. The maximum atomic E-state index is 11.6. The van der Waals surface area contributed by atoms with Gasteiger partial charge in [0.15, 0.2) is 0 Å². The molecule has 0 bridgehead atoms. The Morgan fingerprint density at radius 1 is 1.47 bits per heavy atom. The molecule has 0 aliphatic carbocycles. The van der Waals surface area contributed by atoms with E-state index in [1.165, 1.54) is 0 Å². The zero-order chi connectivity index (χ0) is 13.5. The molecule has 5 nitrogen and oxygen atoms in total. The Balaban J connectivity index is 1.66. The minimum Gasteiger partial charge on any atom is -0.493 e. The zero-order valence-electron chi connectivity index (χ0n) is 10.2. The molecule has 0 saturated heterocycles. The Hall–Kier alpha value is -1.82. The third-order valence-electron chi connectivity index (χ3n) is 2.42. The third kappa shape index (κ3) is 4.75. The van der Waals surface area contributed by atoms with E-state index in [4.69, 9.17) is 4.74 Å². The van der Waals surface area contributed by atoms with Crippen LogP contribution in [0.2, 0.25) is 0 Å². The van der Waals surface area contributed by atoms with Crippen molar-refractivity contribution in [3.63, 3.8) is 0 Å². The minimum absolute atomic E-state index is 0.0513. The number of aromatic nitrogens is 2. The maximum Gasteiger partial charge on any atom is 0.223 e. The van der Waals surface area contributed by atoms with Gasteiger partial charge in [-0.15, -0.1) is 0 Å². The summed E-state index contributed by atoms with van der Waals surface area (Å²) in [6.07, 6.45) is 3.58. The molecule has 0 atom stereocenters. The molecule has 0 unspecified atom stereocenters. The first-order valence-electron chi connectivity index (χ1n) is 5.86. The van der Waals surface area contributed by atoms with Gasteiger partial charge in [-0.05, 0) is 18.2 Å². The fourth-order valence-corrected chi connectivity index (χ4v) is 1.86. The van der Waals surface area contributed by atoms with Crippen molar-refractivity contribution < 1.29 is 9.53 Å². The van der Waals surface area contributed by atoms with Crippen molar-refractivity contribution in [1.29, 1.82) is 0 Å². The summed E-state index contributed by atoms with van der Waals surface area (Å²) >= 11 is 3.36. The van der Waals surface area contributed by atoms with Crippen LogP contribution in [0.5, 0.6) is 5.75 Å². The van der Waals surface area contributed by atoms with Crippen LogP contribution in [0, 0.1) is 0 Å². The van der Waals surface area contributed by atoms with Crippen molar-refractivity contribution in [3.05, 3.63) is 47.0 Å². The molecular weight excluding hydrogens is 310 g/mol. The number of hydrogen-bond acceptors (Lipinski definition) is 3. The summed E-state index contributed by atoms with van der Waals surface area (Å²) in [5, 5.41) is 2.78. The molecular formula is C13H14BrN3O2. The van der Waals surface area contributed by atoms with E-state index in [0.29, 0.717) is 19.6 Å². The molecule has 100 valence electrons. The van der Waals surface area contributed by atoms with Crippen LogP contribution in [0.3, 0.4) is 0 Å². The number of carbonyl (C=O) groups excluding carboxylic acids is 1. The van der Waals surface area contributed by atoms with Crippen LogP contribution in [-0.2, 0) is 11.3 Å². The van der Waals surface area contributed by atoms with Crippen LogP contribution in [0.15, 0.2) is 41.3 Å². The maximum absolute atomic E-state index is 11.6. The summed E-state index contributed by atoms with van der Waals surface area (Å²) in [6.45, 7) is 0.807. The first kappa shape index (κ1) is 13.6. The number of halogens is 1. The van der Waals surface area contributed by atoms with Gasteiger partial charge in [-0.25, -0.2) is 4.98 Å². The van der Waals surface area contributed by atoms with Gasteiger partial charge in [0.25, 0.3) is 0 Å². The second kappa shape index (κ2) is 6.94. The number of carbonyl (C=O) groups is 1. The monoisotopic (exact) mass is 323 g/mol. The molecule has 0 spiro atoms. The molecule has 1 amide bonds. The Morgan fingerprint density at radius 2 is 2.37 bits per heavy atom. The van der Waals surface area contributed by atoms with Crippen LogP contribution < -0.4 is 10.1 Å². The lowest BCUT2D eigenvalue weighted by Gasteiger charge is -2.07. The predicted molar refractivity (Wildman–Crippen MR) is 74.7 cm³/mol. The molecule has 1 aromatic heterocycles. The number of rotatable bonds is 6. The van der Waals surface area contributed by atoms with E-state index >= 15 is 0 Å². The lowest BCUT2D eigenvalue weighted by atomic mass is 10.3. The molecule has 2 rings (SSSR count). The van der Waals surface area contributed by atoms with Crippen LogP contribution in [0.4, 0.5) is 0 Å². The SMILES string of the molecule is O=C(CCOc1cccc(Br)c1)NCc1cnc[nH]1. The number of nitrogens with one attached hydrogen (secondary N) is 2. The van der Waals surface area contributed by atoms with Crippen molar-refractivity contribution in [1.82, 2.24) is 15.3 Å². The van der Waals surface area contributed by atoms with Crippen LogP contribution in [-0.4, -0.2) is 22.5 Å². The number of aromatic amines is 1. The number of benzene rings is 1. The molecule has 0 saturated carbocycles. The normalized spacial score (nSPS) is 10.2. The highest BCUT2D eigenvalue weighted by molar-refractivity contribution is 9.10. The van der Waals surface area contributed by atoms with Crippen molar-refractivity contribution in [2.45, 2.75) is 13.0 Å². The zero-order valence-corrected chi connectivity index (χ0v) is 11.8. The summed E-state index contributed by atoms with van der Waals surface area (Å²) in [7, 11) is 0. The number of ether oxygens (including phenoxy) is 1. The van der Waals surface area contributed by atoms with Crippen molar-refractivity contribution in [2.75, 3.05) is 6.61 Å². The second-order valence-electron chi connectivity index (χ2n) is 3.91. The van der Waals surface area contributed by atoms with Gasteiger partial charge >= 0.3 is 0 Å². The van der Waals surface area contributed by atoms with E-state index in [9.17, 15) is 4.79 Å². The lowest BCUT2D eigenvalue weighted by Crippen LogP contribution is -2.24. The van der Waals surface area contributed by atoms with Gasteiger partial charge in [0.2, 0.25) is 5.91 Å². The first-order chi connectivity index (χ1) is 9.24. The fraction of sp³-hybridized carbons (Fsp3) is 0.231. The minimum atomic E-state index is -0.0513. The molecule has 0 aliphatic rings. The van der Waals surface area contributed by atoms with Crippen LogP contribution >= 0.6 is 15.9 Å². The van der Waals surface area contributed by atoms with E-state index in [1.54, 1.807) is 12.5 Å². The van der Waals surface area contributed by atoms with Gasteiger partial charge in [0.05, 0.1) is 31.6 Å². The third-order valence-corrected chi connectivity index (χ3v) is 2.92. The molecule has 0 aliphatic heterocycles. The largest absolute Gasteiger partial charge is 0.493 e. The molecule has 19 heavy (non-hydrogen) atoms. The summed E-state index contributed by atoms with van der Waals surface area (Å²) in [5.41, 5.74) is 0.876. The average Bonchev–Trinajstić information content (AvgIpc) is 2.89. The topological polar surface area (TPSA) is 67.0 Å². The van der Waals surface area contributed by atoms with Gasteiger partial charge in [0, 0.05) is 10.7 Å². The fourth-order valence-electron chi connectivity index (χ4n) is 1.48. The van der Waals surface area contributed by atoms with Crippen molar-refractivity contribution >= 4 is 21.8 Å². The molecule has 1 heterocycles. The Labute approximate surface area is 119 Å². The number of H-pyrrole nitrogens is 1. The van der Waals surface area contributed by atoms with Gasteiger partial charge in [-0.1, -0.05) is 22.0 Å². The summed E-state index contributed by atoms with van der Waals surface area (Å²) in [4.78, 5) is 18.4. The molecule has 6 heteroatoms. The highest BCUT2D eigenvalue weighted by Crippen LogP contribution is 2.17. The van der Waals surface area contributed by atoms with E-state index in [2.05, 4.69) is 31.2 Å². The molecule has 0 fully saturated rings. The standard InChI is InChI=1S/C13H14BrN3O2/c14-10-2-1-3-12(6-10)19-5-4-13(18)16-8-11-7-15-9-17-11/h1-3,6-7,9H,4-5,8H2,(H,15,17)(H,16,18). The number of amides is 1. The number of imidazole rings is 1. The van der Waals surface area contributed by atoms with Gasteiger partial charge in [-0.3, -0.25) is 4.79 Å².